The van der Waals surface area contributed by atoms with Gasteiger partial charge in [0.1, 0.15) is 0 Å². The third-order valence-electron chi connectivity index (χ3n) is 3.77. The Bertz CT molecular complexity index is 212. The van der Waals surface area contributed by atoms with E-state index in [0.717, 1.165) is 6.04 Å². The second-order valence-electron chi connectivity index (χ2n) is 6.06. The van der Waals surface area contributed by atoms with Gasteiger partial charge in [0.2, 0.25) is 0 Å². The lowest BCUT2D eigenvalue weighted by Gasteiger charge is -2.38. The molecule has 2 aliphatic heterocycles. The Hall–Kier alpha value is 0.270. The molecule has 0 bridgehead atoms. The van der Waals surface area contributed by atoms with Gasteiger partial charge in [-0.3, -0.25) is 0 Å². The van der Waals surface area contributed by atoms with Crippen LogP contribution in [-0.2, 0) is 0 Å². The molecule has 2 saturated heterocycles. The van der Waals surface area contributed by atoms with Crippen LogP contribution < -0.4 is 5.32 Å². The number of hydrogen-bond acceptors (Lipinski definition) is 3. The van der Waals surface area contributed by atoms with E-state index in [1.165, 1.54) is 56.9 Å². The molecule has 0 aromatic rings. The summed E-state index contributed by atoms with van der Waals surface area (Å²) in [5.74, 6) is 2.62. The van der Waals surface area contributed by atoms with E-state index in [2.05, 4.69) is 35.8 Å². The molecule has 0 aromatic carbocycles. The minimum Gasteiger partial charge on any atom is -0.312 e. The molecule has 2 nitrogen and oxygen atoms in total. The molecule has 3 heteroatoms. The highest BCUT2D eigenvalue weighted by Gasteiger charge is 2.26. The van der Waals surface area contributed by atoms with Crippen molar-refractivity contribution in [1.82, 2.24) is 10.2 Å². The van der Waals surface area contributed by atoms with Gasteiger partial charge in [0.15, 0.2) is 0 Å². The van der Waals surface area contributed by atoms with E-state index in [1.54, 1.807) is 0 Å². The van der Waals surface area contributed by atoms with Crippen LogP contribution in [0.2, 0.25) is 0 Å². The summed E-state index contributed by atoms with van der Waals surface area (Å²) >= 11 is 2.11. The fourth-order valence-electron chi connectivity index (χ4n) is 2.88. The Morgan fingerprint density at radius 3 is 3.00 bits per heavy atom. The van der Waals surface area contributed by atoms with Crippen LogP contribution in [0.3, 0.4) is 0 Å². The van der Waals surface area contributed by atoms with Crippen LogP contribution in [0, 0.1) is 5.41 Å². The third-order valence-corrected chi connectivity index (χ3v) is 4.90. The minimum atomic E-state index is 0.549. The van der Waals surface area contributed by atoms with Gasteiger partial charge < -0.3 is 10.2 Å². The summed E-state index contributed by atoms with van der Waals surface area (Å²) in [6, 6.07) is 0.767. The first-order chi connectivity index (χ1) is 7.66. The van der Waals surface area contributed by atoms with Crippen molar-refractivity contribution in [2.75, 3.05) is 37.7 Å². The van der Waals surface area contributed by atoms with Crippen molar-refractivity contribution in [1.29, 1.82) is 0 Å². The van der Waals surface area contributed by atoms with Crippen LogP contribution in [0.15, 0.2) is 0 Å². The molecule has 0 radical (unpaired) electrons. The fraction of sp³-hybridized carbons (Fsp3) is 1.00. The average Bonchev–Trinajstić information content (AvgIpc) is 2.27. The van der Waals surface area contributed by atoms with Crippen molar-refractivity contribution in [2.45, 2.75) is 39.2 Å². The Labute approximate surface area is 105 Å². The number of thioether (sulfide) groups is 1. The first kappa shape index (κ1) is 12.7. The lowest BCUT2D eigenvalue weighted by atomic mass is 9.84. The Kier molecular flexibility index (Phi) is 4.57. The van der Waals surface area contributed by atoms with Crippen LogP contribution in [0.25, 0.3) is 0 Å². The zero-order valence-corrected chi connectivity index (χ0v) is 11.6. The normalized spacial score (nSPS) is 31.5. The van der Waals surface area contributed by atoms with E-state index in [-0.39, 0.29) is 0 Å². The van der Waals surface area contributed by atoms with Gasteiger partial charge in [0.25, 0.3) is 0 Å². The van der Waals surface area contributed by atoms with Gasteiger partial charge >= 0.3 is 0 Å². The summed E-state index contributed by atoms with van der Waals surface area (Å²) in [7, 11) is 0. The summed E-state index contributed by atoms with van der Waals surface area (Å²) in [6.07, 6.45) is 4.13. The van der Waals surface area contributed by atoms with E-state index in [1.807, 2.05) is 0 Å². The fourth-order valence-corrected chi connectivity index (χ4v) is 3.88. The SMILES string of the molecule is CC1(C)CCCN(CCC2CSCCN2)C1. The molecule has 0 amide bonds. The largest absolute Gasteiger partial charge is 0.312 e. The molecule has 0 spiro atoms. The zero-order valence-electron chi connectivity index (χ0n) is 10.8. The van der Waals surface area contributed by atoms with Gasteiger partial charge in [-0.2, -0.15) is 11.8 Å². The number of likely N-dealkylation sites (tertiary alicyclic amines) is 1. The second-order valence-corrected chi connectivity index (χ2v) is 7.21. The second kappa shape index (κ2) is 5.74. The molecule has 16 heavy (non-hydrogen) atoms. The maximum absolute atomic E-state index is 3.63. The molecule has 1 unspecified atom stereocenters. The molecule has 94 valence electrons. The molecule has 0 saturated carbocycles. The van der Waals surface area contributed by atoms with Gasteiger partial charge in [-0.25, -0.2) is 0 Å². The quantitative estimate of drug-likeness (QED) is 0.817. The lowest BCUT2D eigenvalue weighted by molar-refractivity contribution is 0.114. The molecule has 2 heterocycles. The van der Waals surface area contributed by atoms with Crippen molar-refractivity contribution >= 4 is 11.8 Å². The topological polar surface area (TPSA) is 15.3 Å². The number of nitrogens with zero attached hydrogens (tertiary/aromatic N) is 1. The molecular formula is C13H26N2S. The van der Waals surface area contributed by atoms with E-state index in [4.69, 9.17) is 0 Å². The highest BCUT2D eigenvalue weighted by molar-refractivity contribution is 7.99. The molecule has 2 rings (SSSR count). The number of hydrogen-bond donors (Lipinski definition) is 1. The summed E-state index contributed by atoms with van der Waals surface area (Å²) in [5, 5.41) is 3.63. The highest BCUT2D eigenvalue weighted by Crippen LogP contribution is 2.28. The summed E-state index contributed by atoms with van der Waals surface area (Å²) in [4.78, 5) is 2.67. The predicted octanol–water partition coefficient (Wildman–Crippen LogP) is 2.20. The van der Waals surface area contributed by atoms with Crippen LogP contribution in [0.1, 0.15) is 33.1 Å². The van der Waals surface area contributed by atoms with Crippen LogP contribution in [0.4, 0.5) is 0 Å². The van der Waals surface area contributed by atoms with E-state index in [0.29, 0.717) is 5.41 Å². The van der Waals surface area contributed by atoms with Gasteiger partial charge in [0.05, 0.1) is 0 Å². The first-order valence-electron chi connectivity index (χ1n) is 6.69. The molecule has 0 aromatic heterocycles. The molecule has 1 N–H and O–H groups in total. The number of nitrogens with one attached hydrogen (secondary N) is 1. The number of rotatable bonds is 3. The van der Waals surface area contributed by atoms with Crippen molar-refractivity contribution in [2.24, 2.45) is 5.41 Å². The maximum atomic E-state index is 3.63. The van der Waals surface area contributed by atoms with Crippen LogP contribution in [-0.4, -0.2) is 48.6 Å². The first-order valence-corrected chi connectivity index (χ1v) is 7.85. The maximum Gasteiger partial charge on any atom is 0.0170 e. The van der Waals surface area contributed by atoms with Gasteiger partial charge in [-0.05, 0) is 37.8 Å². The Balaban J connectivity index is 1.68. The standard InChI is InChI=1S/C13H26N2S/c1-13(2)5-3-7-15(11-13)8-4-12-10-16-9-6-14-12/h12,14H,3-11H2,1-2H3. The van der Waals surface area contributed by atoms with Crippen molar-refractivity contribution in [3.05, 3.63) is 0 Å². The molecule has 0 aliphatic carbocycles. The summed E-state index contributed by atoms with van der Waals surface area (Å²) < 4.78 is 0. The predicted molar refractivity (Wildman–Crippen MR) is 73.2 cm³/mol. The Morgan fingerprint density at radius 1 is 1.44 bits per heavy atom. The smallest absolute Gasteiger partial charge is 0.0170 e. The molecular weight excluding hydrogens is 216 g/mol. The van der Waals surface area contributed by atoms with Crippen molar-refractivity contribution < 1.29 is 0 Å². The van der Waals surface area contributed by atoms with Gasteiger partial charge in [0, 0.05) is 30.6 Å². The van der Waals surface area contributed by atoms with E-state index < -0.39 is 0 Å². The van der Waals surface area contributed by atoms with E-state index >= 15 is 0 Å². The van der Waals surface area contributed by atoms with E-state index in [9.17, 15) is 0 Å². The Morgan fingerprint density at radius 2 is 2.31 bits per heavy atom. The number of piperidine rings is 1. The average molecular weight is 242 g/mol. The zero-order chi connectivity index (χ0) is 11.4. The molecule has 2 aliphatic rings. The van der Waals surface area contributed by atoms with Crippen molar-refractivity contribution in [3.63, 3.8) is 0 Å². The van der Waals surface area contributed by atoms with Crippen LogP contribution >= 0.6 is 11.8 Å². The third kappa shape index (κ3) is 3.94. The van der Waals surface area contributed by atoms with Gasteiger partial charge in [-0.15, -0.1) is 0 Å². The lowest BCUT2D eigenvalue weighted by Crippen LogP contribution is -2.44. The van der Waals surface area contributed by atoms with Crippen LogP contribution in [0.5, 0.6) is 0 Å². The van der Waals surface area contributed by atoms with Gasteiger partial charge in [-0.1, -0.05) is 13.8 Å². The molecule has 2 fully saturated rings. The summed E-state index contributed by atoms with van der Waals surface area (Å²) in [5.41, 5.74) is 0.549. The summed E-state index contributed by atoms with van der Waals surface area (Å²) in [6.45, 7) is 9.94. The molecule has 1 atom stereocenters. The van der Waals surface area contributed by atoms with Crippen molar-refractivity contribution in [3.8, 4) is 0 Å². The minimum absolute atomic E-state index is 0.549. The highest BCUT2D eigenvalue weighted by atomic mass is 32.2. The monoisotopic (exact) mass is 242 g/mol.